The molecule has 1 aromatic rings. The summed E-state index contributed by atoms with van der Waals surface area (Å²) in [4.78, 5) is 10.7. The fourth-order valence-corrected chi connectivity index (χ4v) is 1.31. The van der Waals surface area contributed by atoms with Crippen LogP contribution < -0.4 is 0 Å². The second-order valence-electron chi connectivity index (χ2n) is 5.37. The molecule has 0 radical (unpaired) electrons. The van der Waals surface area contributed by atoms with Gasteiger partial charge in [-0.3, -0.25) is 0 Å². The third-order valence-corrected chi connectivity index (χ3v) is 2.47. The zero-order valence-corrected chi connectivity index (χ0v) is 10.7. The van der Waals surface area contributed by atoms with Gasteiger partial charge in [0.05, 0.1) is 12.2 Å². The van der Waals surface area contributed by atoms with Crippen molar-refractivity contribution in [3.05, 3.63) is 35.4 Å². The van der Waals surface area contributed by atoms with Crippen LogP contribution in [0.5, 0.6) is 0 Å². The van der Waals surface area contributed by atoms with Gasteiger partial charge >= 0.3 is 5.97 Å². The molecule has 0 heterocycles. The highest BCUT2D eigenvalue weighted by Gasteiger charge is 2.09. The van der Waals surface area contributed by atoms with Crippen LogP contribution in [0.2, 0.25) is 0 Å². The van der Waals surface area contributed by atoms with Crippen molar-refractivity contribution in [2.45, 2.75) is 33.8 Å². The molecule has 1 aromatic carbocycles. The first kappa shape index (κ1) is 13.7. The number of hydrogen-bond donors (Lipinski definition) is 1. The predicted molar refractivity (Wildman–Crippen MR) is 67.1 cm³/mol. The van der Waals surface area contributed by atoms with Crippen LogP contribution in [-0.4, -0.2) is 17.7 Å². The molecule has 0 fully saturated rings. The molecule has 3 nitrogen and oxygen atoms in total. The monoisotopic (exact) mass is 236 g/mol. The third-order valence-electron chi connectivity index (χ3n) is 2.47. The Hall–Kier alpha value is -1.35. The molecule has 0 saturated heterocycles. The highest BCUT2D eigenvalue weighted by Crippen LogP contribution is 2.18. The molecule has 0 aliphatic carbocycles. The van der Waals surface area contributed by atoms with Crippen LogP contribution in [0.15, 0.2) is 24.3 Å². The second kappa shape index (κ2) is 5.82. The Kier molecular flexibility index (Phi) is 4.70. The van der Waals surface area contributed by atoms with Gasteiger partial charge < -0.3 is 9.84 Å². The Morgan fingerprint density at radius 2 is 1.82 bits per heavy atom. The summed E-state index contributed by atoms with van der Waals surface area (Å²) in [5.41, 5.74) is 1.60. The van der Waals surface area contributed by atoms with Gasteiger partial charge in [-0.25, -0.2) is 4.79 Å². The molecule has 0 saturated carbocycles. The molecule has 0 spiro atoms. The van der Waals surface area contributed by atoms with Gasteiger partial charge in [0.2, 0.25) is 0 Å². The van der Waals surface area contributed by atoms with Crippen LogP contribution >= 0.6 is 0 Å². The zero-order valence-electron chi connectivity index (χ0n) is 10.7. The molecular formula is C14H20O3. The summed E-state index contributed by atoms with van der Waals surface area (Å²) in [6.07, 6.45) is 1.01. The molecule has 0 aliphatic rings. The number of carboxylic acid groups (broad SMARTS) is 1. The predicted octanol–water partition coefficient (Wildman–Crippen LogP) is 3.34. The number of carbonyl (C=O) groups is 1. The summed E-state index contributed by atoms with van der Waals surface area (Å²) in [6.45, 7) is 7.80. The van der Waals surface area contributed by atoms with Crippen molar-refractivity contribution in [2.24, 2.45) is 5.41 Å². The van der Waals surface area contributed by atoms with E-state index in [0.29, 0.717) is 12.2 Å². The molecule has 0 aromatic heterocycles. The van der Waals surface area contributed by atoms with E-state index in [1.54, 1.807) is 24.3 Å². The maximum absolute atomic E-state index is 10.7. The van der Waals surface area contributed by atoms with E-state index in [0.717, 1.165) is 18.6 Å². The summed E-state index contributed by atoms with van der Waals surface area (Å²) in [5, 5.41) is 8.75. The lowest BCUT2D eigenvalue weighted by atomic mass is 9.93. The van der Waals surface area contributed by atoms with Crippen molar-refractivity contribution >= 4 is 5.97 Å². The van der Waals surface area contributed by atoms with Crippen molar-refractivity contribution in [3.63, 3.8) is 0 Å². The van der Waals surface area contributed by atoms with E-state index in [2.05, 4.69) is 20.8 Å². The van der Waals surface area contributed by atoms with Crippen LogP contribution in [0.1, 0.15) is 43.1 Å². The minimum absolute atomic E-state index is 0.285. The number of benzene rings is 1. The largest absolute Gasteiger partial charge is 0.478 e. The molecule has 1 N–H and O–H groups in total. The number of aromatic carboxylic acids is 1. The molecule has 0 bridgehead atoms. The van der Waals surface area contributed by atoms with E-state index in [-0.39, 0.29) is 5.41 Å². The second-order valence-corrected chi connectivity index (χ2v) is 5.37. The molecule has 0 aliphatic heterocycles. The van der Waals surface area contributed by atoms with Crippen LogP contribution in [-0.2, 0) is 11.3 Å². The minimum atomic E-state index is -0.898. The first-order valence-corrected chi connectivity index (χ1v) is 5.78. The third kappa shape index (κ3) is 5.50. The van der Waals surface area contributed by atoms with Crippen molar-refractivity contribution < 1.29 is 14.6 Å². The topological polar surface area (TPSA) is 46.5 Å². The highest BCUT2D eigenvalue weighted by atomic mass is 16.5. The molecular weight excluding hydrogens is 216 g/mol. The Bertz CT molecular complexity index is 360. The van der Waals surface area contributed by atoms with Crippen LogP contribution in [0.3, 0.4) is 0 Å². The molecule has 0 atom stereocenters. The van der Waals surface area contributed by atoms with Gasteiger partial charge in [0.1, 0.15) is 0 Å². The average molecular weight is 236 g/mol. The minimum Gasteiger partial charge on any atom is -0.478 e. The van der Waals surface area contributed by atoms with E-state index >= 15 is 0 Å². The van der Waals surface area contributed by atoms with E-state index in [9.17, 15) is 4.79 Å². The average Bonchev–Trinajstić information content (AvgIpc) is 2.24. The van der Waals surface area contributed by atoms with Crippen molar-refractivity contribution in [1.29, 1.82) is 0 Å². The maximum Gasteiger partial charge on any atom is 0.335 e. The first-order valence-electron chi connectivity index (χ1n) is 5.78. The summed E-state index contributed by atoms with van der Waals surface area (Å²) >= 11 is 0. The fourth-order valence-electron chi connectivity index (χ4n) is 1.31. The summed E-state index contributed by atoms with van der Waals surface area (Å²) < 4.78 is 5.55. The quantitative estimate of drug-likeness (QED) is 0.797. The standard InChI is InChI=1S/C14H20O3/c1-14(2,3)8-9-17-10-11-4-6-12(7-5-11)13(15)16/h4-7H,8-10H2,1-3H3,(H,15,16). The van der Waals surface area contributed by atoms with Gasteiger partial charge in [0, 0.05) is 6.61 Å². The van der Waals surface area contributed by atoms with Crippen molar-refractivity contribution in [3.8, 4) is 0 Å². The lowest BCUT2D eigenvalue weighted by Crippen LogP contribution is -2.09. The SMILES string of the molecule is CC(C)(C)CCOCc1ccc(C(=O)O)cc1. The number of ether oxygens (including phenoxy) is 1. The normalized spacial score (nSPS) is 11.5. The highest BCUT2D eigenvalue weighted by molar-refractivity contribution is 5.87. The van der Waals surface area contributed by atoms with Crippen molar-refractivity contribution in [2.75, 3.05) is 6.61 Å². The lowest BCUT2D eigenvalue weighted by Gasteiger charge is -2.17. The van der Waals surface area contributed by atoms with E-state index in [1.165, 1.54) is 0 Å². The van der Waals surface area contributed by atoms with Gasteiger partial charge in [0.15, 0.2) is 0 Å². The van der Waals surface area contributed by atoms with E-state index < -0.39 is 5.97 Å². The van der Waals surface area contributed by atoms with Gasteiger partial charge in [-0.05, 0) is 29.5 Å². The Balaban J connectivity index is 2.35. The molecule has 1 rings (SSSR count). The molecule has 0 unspecified atom stereocenters. The Labute approximate surface area is 102 Å². The maximum atomic E-state index is 10.7. The van der Waals surface area contributed by atoms with Gasteiger partial charge in [0.25, 0.3) is 0 Å². The van der Waals surface area contributed by atoms with Gasteiger partial charge in [-0.1, -0.05) is 32.9 Å². The number of hydrogen-bond acceptors (Lipinski definition) is 2. The van der Waals surface area contributed by atoms with Gasteiger partial charge in [-0.2, -0.15) is 0 Å². The Morgan fingerprint density at radius 1 is 1.24 bits per heavy atom. The molecule has 3 heteroatoms. The molecule has 94 valence electrons. The van der Waals surface area contributed by atoms with Crippen LogP contribution in [0.25, 0.3) is 0 Å². The summed E-state index contributed by atoms with van der Waals surface area (Å²) in [5.74, 6) is -0.898. The smallest absolute Gasteiger partial charge is 0.335 e. The molecule has 0 amide bonds. The van der Waals surface area contributed by atoms with Crippen LogP contribution in [0, 0.1) is 5.41 Å². The van der Waals surface area contributed by atoms with Crippen molar-refractivity contribution in [1.82, 2.24) is 0 Å². The number of carboxylic acids is 1. The zero-order chi connectivity index (χ0) is 12.9. The van der Waals surface area contributed by atoms with E-state index in [4.69, 9.17) is 9.84 Å². The molecule has 17 heavy (non-hydrogen) atoms. The summed E-state index contributed by atoms with van der Waals surface area (Å²) in [6, 6.07) is 6.79. The number of rotatable bonds is 5. The first-order chi connectivity index (χ1) is 7.88. The van der Waals surface area contributed by atoms with Gasteiger partial charge in [-0.15, -0.1) is 0 Å². The summed E-state index contributed by atoms with van der Waals surface area (Å²) in [7, 11) is 0. The fraction of sp³-hybridized carbons (Fsp3) is 0.500. The Morgan fingerprint density at radius 3 is 2.29 bits per heavy atom. The van der Waals surface area contributed by atoms with E-state index in [1.807, 2.05) is 0 Å². The lowest BCUT2D eigenvalue weighted by molar-refractivity contribution is 0.0696. The van der Waals surface area contributed by atoms with Crippen LogP contribution in [0.4, 0.5) is 0 Å².